The molecule has 0 amide bonds. The molecule has 1 atom stereocenters. The van der Waals surface area contributed by atoms with Gasteiger partial charge in [0.15, 0.2) is 0 Å². The Balaban J connectivity index is 2.80. The molecule has 0 aromatic carbocycles. The van der Waals surface area contributed by atoms with Gasteiger partial charge in [-0.2, -0.15) is 11.8 Å². The number of rotatable bonds is 6. The van der Waals surface area contributed by atoms with Crippen LogP contribution in [0.2, 0.25) is 0 Å². The lowest BCUT2D eigenvalue weighted by atomic mass is 10.2. The molecule has 1 unspecified atom stereocenters. The predicted octanol–water partition coefficient (Wildman–Crippen LogP) is 2.79. The Bertz CT molecular complexity index is 322. The standard InChI is InChI=1S/C11H18ClN3S/c1-4-10(8-16-3)15(2)11-7-13-6-9(5-12)14-11/h6-7,10H,4-5,8H2,1-3H3. The fraction of sp³-hybridized carbons (Fsp3) is 0.636. The van der Waals surface area contributed by atoms with Gasteiger partial charge in [-0.1, -0.05) is 6.92 Å². The van der Waals surface area contributed by atoms with Gasteiger partial charge >= 0.3 is 0 Å². The van der Waals surface area contributed by atoms with Gasteiger partial charge in [-0.15, -0.1) is 11.6 Å². The monoisotopic (exact) mass is 259 g/mol. The molecule has 0 N–H and O–H groups in total. The number of nitrogens with zero attached hydrogens (tertiary/aromatic N) is 3. The van der Waals surface area contributed by atoms with Gasteiger partial charge in [0, 0.05) is 25.0 Å². The van der Waals surface area contributed by atoms with Crippen LogP contribution in [0.3, 0.4) is 0 Å². The van der Waals surface area contributed by atoms with E-state index >= 15 is 0 Å². The summed E-state index contributed by atoms with van der Waals surface area (Å²) < 4.78 is 0. The van der Waals surface area contributed by atoms with E-state index in [4.69, 9.17) is 11.6 Å². The summed E-state index contributed by atoms with van der Waals surface area (Å²) in [5, 5.41) is 0. The van der Waals surface area contributed by atoms with Crippen molar-refractivity contribution in [2.75, 3.05) is 24.0 Å². The molecule has 1 aromatic heterocycles. The van der Waals surface area contributed by atoms with Crippen LogP contribution in [0.25, 0.3) is 0 Å². The zero-order valence-corrected chi connectivity index (χ0v) is 11.6. The third-order valence-electron chi connectivity index (χ3n) is 2.55. The summed E-state index contributed by atoms with van der Waals surface area (Å²) in [6.45, 7) is 2.19. The van der Waals surface area contributed by atoms with Gasteiger partial charge in [-0.3, -0.25) is 4.98 Å². The van der Waals surface area contributed by atoms with Crippen molar-refractivity contribution >= 4 is 29.2 Å². The van der Waals surface area contributed by atoms with Crippen LogP contribution in [-0.4, -0.2) is 35.1 Å². The second kappa shape index (κ2) is 6.97. The molecule has 0 saturated heterocycles. The Kier molecular flexibility index (Phi) is 5.91. The molecule has 1 rings (SSSR count). The molecular weight excluding hydrogens is 242 g/mol. The van der Waals surface area contributed by atoms with Crippen molar-refractivity contribution in [1.29, 1.82) is 0 Å². The van der Waals surface area contributed by atoms with E-state index in [2.05, 4.69) is 35.1 Å². The zero-order valence-electron chi connectivity index (χ0n) is 9.98. The van der Waals surface area contributed by atoms with Crippen LogP contribution in [-0.2, 0) is 5.88 Å². The van der Waals surface area contributed by atoms with Crippen molar-refractivity contribution in [3.8, 4) is 0 Å². The molecule has 0 radical (unpaired) electrons. The van der Waals surface area contributed by atoms with Gasteiger partial charge in [0.05, 0.1) is 17.8 Å². The SMILES string of the molecule is CCC(CSC)N(C)c1cncc(CCl)n1. The van der Waals surface area contributed by atoms with E-state index in [0.29, 0.717) is 11.9 Å². The first-order valence-electron chi connectivity index (χ1n) is 5.31. The Labute approximate surface area is 107 Å². The molecule has 90 valence electrons. The lowest BCUT2D eigenvalue weighted by Gasteiger charge is -2.27. The van der Waals surface area contributed by atoms with Crippen LogP contribution in [0, 0.1) is 0 Å². The second-order valence-electron chi connectivity index (χ2n) is 3.63. The molecule has 16 heavy (non-hydrogen) atoms. The maximum atomic E-state index is 5.75. The second-order valence-corrected chi connectivity index (χ2v) is 4.81. The van der Waals surface area contributed by atoms with Crippen LogP contribution >= 0.6 is 23.4 Å². The van der Waals surface area contributed by atoms with Crippen molar-refractivity contribution in [2.24, 2.45) is 0 Å². The van der Waals surface area contributed by atoms with Crippen molar-refractivity contribution in [2.45, 2.75) is 25.3 Å². The van der Waals surface area contributed by atoms with E-state index in [1.54, 1.807) is 12.4 Å². The minimum atomic E-state index is 0.411. The molecule has 1 aromatic rings. The molecule has 0 aliphatic rings. The van der Waals surface area contributed by atoms with Crippen molar-refractivity contribution in [3.05, 3.63) is 18.1 Å². The first kappa shape index (κ1) is 13.6. The van der Waals surface area contributed by atoms with Crippen LogP contribution in [0.5, 0.6) is 0 Å². The topological polar surface area (TPSA) is 29.0 Å². The summed E-state index contributed by atoms with van der Waals surface area (Å²) in [5.74, 6) is 2.41. The number of anilines is 1. The third kappa shape index (κ3) is 3.52. The molecule has 0 aliphatic carbocycles. The highest BCUT2D eigenvalue weighted by atomic mass is 35.5. The highest BCUT2D eigenvalue weighted by Gasteiger charge is 2.14. The number of thioether (sulfide) groups is 1. The summed E-state index contributed by atoms with van der Waals surface area (Å²) in [6.07, 6.45) is 6.72. The Morgan fingerprint density at radius 1 is 1.50 bits per heavy atom. The number of halogens is 1. The highest BCUT2D eigenvalue weighted by Crippen LogP contribution is 2.16. The summed E-state index contributed by atoms with van der Waals surface area (Å²) in [6, 6.07) is 0.495. The molecule has 3 nitrogen and oxygen atoms in total. The van der Waals surface area contributed by atoms with Gasteiger partial charge in [0.1, 0.15) is 5.82 Å². The van der Waals surface area contributed by atoms with E-state index in [0.717, 1.165) is 23.7 Å². The van der Waals surface area contributed by atoms with Crippen molar-refractivity contribution < 1.29 is 0 Å². The lowest BCUT2D eigenvalue weighted by Crippen LogP contribution is -2.34. The number of aromatic nitrogens is 2. The summed E-state index contributed by atoms with van der Waals surface area (Å²) in [4.78, 5) is 10.8. The van der Waals surface area contributed by atoms with Gasteiger partial charge < -0.3 is 4.90 Å². The Morgan fingerprint density at radius 2 is 2.25 bits per heavy atom. The van der Waals surface area contributed by atoms with Crippen LogP contribution in [0.4, 0.5) is 5.82 Å². The normalized spacial score (nSPS) is 12.5. The van der Waals surface area contributed by atoms with Gasteiger partial charge in [-0.25, -0.2) is 4.98 Å². The quantitative estimate of drug-likeness (QED) is 0.735. The number of alkyl halides is 1. The van der Waals surface area contributed by atoms with Gasteiger partial charge in [0.25, 0.3) is 0 Å². The smallest absolute Gasteiger partial charge is 0.147 e. The first-order chi connectivity index (χ1) is 7.72. The van der Waals surface area contributed by atoms with E-state index in [9.17, 15) is 0 Å². The van der Waals surface area contributed by atoms with Crippen LogP contribution < -0.4 is 4.90 Å². The zero-order chi connectivity index (χ0) is 12.0. The minimum absolute atomic E-state index is 0.411. The number of hydrogen-bond acceptors (Lipinski definition) is 4. The molecule has 1 heterocycles. The lowest BCUT2D eigenvalue weighted by molar-refractivity contribution is 0.663. The summed E-state index contributed by atoms with van der Waals surface area (Å²) in [7, 11) is 2.06. The molecule has 0 aliphatic heterocycles. The molecule has 5 heteroatoms. The summed E-state index contributed by atoms with van der Waals surface area (Å²) >= 11 is 7.60. The average molecular weight is 260 g/mol. The Hall–Kier alpha value is -0.480. The van der Waals surface area contributed by atoms with Gasteiger partial charge in [-0.05, 0) is 12.7 Å². The minimum Gasteiger partial charge on any atom is -0.355 e. The average Bonchev–Trinajstić information content (AvgIpc) is 2.35. The van der Waals surface area contributed by atoms with E-state index in [1.165, 1.54) is 0 Å². The molecule has 0 spiro atoms. The van der Waals surface area contributed by atoms with E-state index < -0.39 is 0 Å². The summed E-state index contributed by atoms with van der Waals surface area (Å²) in [5.41, 5.74) is 0.824. The first-order valence-corrected chi connectivity index (χ1v) is 7.24. The third-order valence-corrected chi connectivity index (χ3v) is 3.54. The van der Waals surface area contributed by atoms with Crippen molar-refractivity contribution in [3.63, 3.8) is 0 Å². The number of hydrogen-bond donors (Lipinski definition) is 0. The fourth-order valence-corrected chi connectivity index (χ4v) is 2.48. The molecule has 0 saturated carbocycles. The maximum absolute atomic E-state index is 5.75. The largest absolute Gasteiger partial charge is 0.355 e. The Morgan fingerprint density at radius 3 is 2.81 bits per heavy atom. The predicted molar refractivity (Wildman–Crippen MR) is 72.5 cm³/mol. The van der Waals surface area contributed by atoms with Crippen molar-refractivity contribution in [1.82, 2.24) is 9.97 Å². The maximum Gasteiger partial charge on any atom is 0.147 e. The van der Waals surface area contributed by atoms with Crippen LogP contribution in [0.15, 0.2) is 12.4 Å². The van der Waals surface area contributed by atoms with Gasteiger partial charge in [0.2, 0.25) is 0 Å². The molecule has 0 fully saturated rings. The fourth-order valence-electron chi connectivity index (χ4n) is 1.51. The highest BCUT2D eigenvalue weighted by molar-refractivity contribution is 7.98. The van der Waals surface area contributed by atoms with Crippen LogP contribution in [0.1, 0.15) is 19.0 Å². The van der Waals surface area contributed by atoms with E-state index in [1.807, 2.05) is 11.8 Å². The molecular formula is C11H18ClN3S. The van der Waals surface area contributed by atoms with E-state index in [-0.39, 0.29) is 0 Å². The molecule has 0 bridgehead atoms.